The molecule has 0 fully saturated rings. The van der Waals surface area contributed by atoms with Crippen LogP contribution in [0.1, 0.15) is 5.56 Å². The monoisotopic (exact) mass is 395 g/mol. The number of carbonyl (C=O) groups is 1. The van der Waals surface area contributed by atoms with Gasteiger partial charge in [-0.1, -0.05) is 84.9 Å². The molecule has 0 aliphatic carbocycles. The second kappa shape index (κ2) is 8.99. The van der Waals surface area contributed by atoms with E-state index in [-0.39, 0.29) is 5.78 Å². The van der Waals surface area contributed by atoms with Crippen molar-refractivity contribution >= 4 is 29.0 Å². The summed E-state index contributed by atoms with van der Waals surface area (Å²) in [6, 6.07) is 41.8. The van der Waals surface area contributed by atoms with Gasteiger partial charge in [0, 0.05) is 6.42 Å². The van der Waals surface area contributed by atoms with Gasteiger partial charge in [0.1, 0.15) is 29.3 Å². The molecule has 0 saturated carbocycles. The largest absolute Gasteiger partial charge is 0.295 e. The van der Waals surface area contributed by atoms with E-state index >= 15 is 0 Å². The van der Waals surface area contributed by atoms with Crippen molar-refractivity contribution in [3.63, 3.8) is 0 Å². The maximum absolute atomic E-state index is 13.4. The maximum atomic E-state index is 13.4. The Kier molecular flexibility index (Phi) is 5.98. The maximum Gasteiger partial charge on any atom is 0.175 e. The molecule has 4 aromatic carbocycles. The Hall–Kier alpha value is -3.02. The SMILES string of the molecule is O=C(Cc1ccccc1)C[P+](c1ccccc1)(c1ccccc1)c1ccccc1. The first kappa shape index (κ1) is 19.3. The fourth-order valence-electron chi connectivity index (χ4n) is 3.91. The Balaban J connectivity index is 1.85. The van der Waals surface area contributed by atoms with Crippen molar-refractivity contribution in [1.29, 1.82) is 0 Å². The van der Waals surface area contributed by atoms with Crippen molar-refractivity contribution < 1.29 is 4.79 Å². The zero-order valence-corrected chi connectivity index (χ0v) is 17.2. The number of benzene rings is 4. The summed E-state index contributed by atoms with van der Waals surface area (Å²) < 4.78 is 0. The van der Waals surface area contributed by atoms with Crippen molar-refractivity contribution in [1.82, 2.24) is 0 Å². The lowest BCUT2D eigenvalue weighted by Crippen LogP contribution is -2.36. The van der Waals surface area contributed by atoms with Gasteiger partial charge >= 0.3 is 0 Å². The average Bonchev–Trinajstić information content (AvgIpc) is 2.80. The first-order chi connectivity index (χ1) is 14.3. The van der Waals surface area contributed by atoms with Crippen LogP contribution in [0.2, 0.25) is 0 Å². The van der Waals surface area contributed by atoms with Crippen LogP contribution in [0.25, 0.3) is 0 Å². The smallest absolute Gasteiger partial charge is 0.175 e. The van der Waals surface area contributed by atoms with Crippen LogP contribution in [0.4, 0.5) is 0 Å². The van der Waals surface area contributed by atoms with E-state index in [0.717, 1.165) is 5.56 Å². The lowest BCUT2D eigenvalue weighted by atomic mass is 10.1. The summed E-state index contributed by atoms with van der Waals surface area (Å²) in [6.07, 6.45) is 0.995. The molecule has 29 heavy (non-hydrogen) atoms. The minimum absolute atomic E-state index is 0.279. The van der Waals surface area contributed by atoms with Gasteiger partial charge in [0.15, 0.2) is 5.78 Å². The van der Waals surface area contributed by atoms with Gasteiger partial charge in [0.25, 0.3) is 0 Å². The minimum Gasteiger partial charge on any atom is -0.295 e. The van der Waals surface area contributed by atoms with Crippen LogP contribution in [0.5, 0.6) is 0 Å². The number of Topliss-reactive ketones (excluding diaryl/α,β-unsaturated/α-hetero) is 1. The summed E-state index contributed by atoms with van der Waals surface area (Å²) in [5.41, 5.74) is 1.07. The molecule has 0 spiro atoms. The number of carbonyl (C=O) groups excluding carboxylic acids is 1. The van der Waals surface area contributed by atoms with Crippen molar-refractivity contribution in [2.75, 3.05) is 6.16 Å². The highest BCUT2D eigenvalue weighted by Gasteiger charge is 2.46. The molecule has 0 bridgehead atoms. The standard InChI is InChI=1S/C27H24OP/c28-24(21-23-13-5-1-6-14-23)22-29(25-15-7-2-8-16-25,26-17-9-3-10-18-26)27-19-11-4-12-20-27/h1-20H,21-22H2/q+1. The van der Waals surface area contributed by atoms with Gasteiger partial charge in [-0.05, 0) is 42.0 Å². The second-order valence-corrected chi connectivity index (χ2v) is 10.7. The van der Waals surface area contributed by atoms with E-state index < -0.39 is 7.26 Å². The van der Waals surface area contributed by atoms with Gasteiger partial charge in [0.05, 0.1) is 0 Å². The van der Waals surface area contributed by atoms with E-state index in [0.29, 0.717) is 12.6 Å². The van der Waals surface area contributed by atoms with Gasteiger partial charge in [-0.3, -0.25) is 4.79 Å². The summed E-state index contributed by atoms with van der Waals surface area (Å²) in [7, 11) is -2.10. The van der Waals surface area contributed by atoms with E-state index in [4.69, 9.17) is 0 Å². The van der Waals surface area contributed by atoms with Crippen LogP contribution in [0, 0.1) is 0 Å². The van der Waals surface area contributed by atoms with Crippen molar-refractivity contribution in [2.45, 2.75) is 6.42 Å². The second-order valence-electron chi connectivity index (χ2n) is 7.18. The Bertz CT molecular complexity index is 948. The highest BCUT2D eigenvalue weighted by atomic mass is 31.2. The van der Waals surface area contributed by atoms with E-state index in [1.54, 1.807) is 0 Å². The molecule has 0 amide bonds. The van der Waals surface area contributed by atoms with Crippen LogP contribution in [-0.2, 0) is 11.2 Å². The van der Waals surface area contributed by atoms with Crippen molar-refractivity contribution in [3.8, 4) is 0 Å². The van der Waals surface area contributed by atoms with Gasteiger partial charge < -0.3 is 0 Å². The lowest BCUT2D eigenvalue weighted by Gasteiger charge is -2.27. The number of ketones is 1. The van der Waals surface area contributed by atoms with Gasteiger partial charge in [-0.2, -0.15) is 0 Å². The highest BCUT2D eigenvalue weighted by Crippen LogP contribution is 2.55. The number of rotatable bonds is 7. The van der Waals surface area contributed by atoms with Gasteiger partial charge in [-0.25, -0.2) is 0 Å². The molecule has 0 atom stereocenters. The topological polar surface area (TPSA) is 17.1 Å². The molecule has 0 aliphatic heterocycles. The number of hydrogen-bond donors (Lipinski definition) is 0. The van der Waals surface area contributed by atoms with Gasteiger partial charge in [0.2, 0.25) is 0 Å². The van der Waals surface area contributed by atoms with E-state index in [1.807, 2.05) is 48.5 Å². The highest BCUT2D eigenvalue weighted by molar-refractivity contribution is 7.96. The molecule has 0 saturated heterocycles. The van der Waals surface area contributed by atoms with Gasteiger partial charge in [-0.15, -0.1) is 0 Å². The van der Waals surface area contributed by atoms with E-state index in [2.05, 4.69) is 72.8 Å². The molecule has 2 heteroatoms. The van der Waals surface area contributed by atoms with Crippen molar-refractivity contribution in [3.05, 3.63) is 127 Å². The predicted octanol–water partition coefficient (Wildman–Crippen LogP) is 4.79. The third kappa shape index (κ3) is 4.21. The molecular formula is C27H24OP+. The van der Waals surface area contributed by atoms with Crippen LogP contribution >= 0.6 is 7.26 Å². The number of hydrogen-bond acceptors (Lipinski definition) is 1. The Morgan fingerprint density at radius 2 is 0.862 bits per heavy atom. The summed E-state index contributed by atoms with van der Waals surface area (Å²) in [5, 5.41) is 3.75. The fourth-order valence-corrected chi connectivity index (χ4v) is 8.04. The van der Waals surface area contributed by atoms with Crippen LogP contribution in [-0.4, -0.2) is 11.9 Å². The minimum atomic E-state index is -2.10. The molecule has 0 heterocycles. The van der Waals surface area contributed by atoms with Crippen molar-refractivity contribution in [2.24, 2.45) is 0 Å². The zero-order valence-electron chi connectivity index (χ0n) is 16.3. The molecule has 0 aliphatic rings. The predicted molar refractivity (Wildman–Crippen MR) is 125 cm³/mol. The molecular weight excluding hydrogens is 371 g/mol. The third-order valence-corrected chi connectivity index (χ3v) is 9.61. The molecule has 1 nitrogen and oxygen atoms in total. The van der Waals surface area contributed by atoms with E-state index in [1.165, 1.54) is 15.9 Å². The quantitative estimate of drug-likeness (QED) is 0.411. The normalized spacial score (nSPS) is 11.2. The average molecular weight is 395 g/mol. The van der Waals surface area contributed by atoms with Crippen LogP contribution in [0.3, 0.4) is 0 Å². The van der Waals surface area contributed by atoms with Crippen LogP contribution < -0.4 is 15.9 Å². The molecule has 0 radical (unpaired) electrons. The first-order valence-corrected chi connectivity index (χ1v) is 11.9. The zero-order chi connectivity index (χ0) is 19.9. The fraction of sp³-hybridized carbons (Fsp3) is 0.0741. The Morgan fingerprint density at radius 1 is 0.517 bits per heavy atom. The molecule has 0 aromatic heterocycles. The van der Waals surface area contributed by atoms with E-state index in [9.17, 15) is 4.79 Å². The third-order valence-electron chi connectivity index (χ3n) is 5.25. The first-order valence-electron chi connectivity index (χ1n) is 9.89. The molecule has 0 N–H and O–H groups in total. The summed E-state index contributed by atoms with van der Waals surface area (Å²) in [5.74, 6) is 0.279. The Morgan fingerprint density at radius 3 is 1.24 bits per heavy atom. The molecule has 142 valence electrons. The summed E-state index contributed by atoms with van der Waals surface area (Å²) in [4.78, 5) is 13.4. The lowest BCUT2D eigenvalue weighted by molar-refractivity contribution is -0.116. The summed E-state index contributed by atoms with van der Waals surface area (Å²) in [6.45, 7) is 0. The summed E-state index contributed by atoms with van der Waals surface area (Å²) >= 11 is 0. The Labute approximate surface area is 173 Å². The molecule has 4 rings (SSSR count). The molecule has 0 unspecified atom stereocenters. The van der Waals surface area contributed by atoms with Crippen LogP contribution in [0.15, 0.2) is 121 Å². The molecule has 4 aromatic rings.